The van der Waals surface area contributed by atoms with Gasteiger partial charge in [0.05, 0.1) is 5.52 Å². The first-order chi connectivity index (χ1) is 11.1. The molecule has 4 rings (SSSR count). The molecule has 0 bridgehead atoms. The summed E-state index contributed by atoms with van der Waals surface area (Å²) in [6, 6.07) is 19.7. The fourth-order valence-corrected chi connectivity index (χ4v) is 4.12. The summed E-state index contributed by atoms with van der Waals surface area (Å²) >= 11 is 0. The Labute approximate surface area is 139 Å². The van der Waals surface area contributed by atoms with Gasteiger partial charge in [-0.2, -0.15) is 0 Å². The van der Waals surface area contributed by atoms with Crippen molar-refractivity contribution >= 4 is 10.9 Å². The molecule has 0 fully saturated rings. The summed E-state index contributed by atoms with van der Waals surface area (Å²) < 4.78 is 2.49. The van der Waals surface area contributed by atoms with E-state index in [-0.39, 0.29) is 0 Å². The normalized spacial score (nSPS) is 18.1. The largest absolute Gasteiger partial charge is 0.313 e. The molecule has 0 aliphatic heterocycles. The molecule has 3 aromatic rings. The Kier molecular flexibility index (Phi) is 3.33. The lowest BCUT2D eigenvalue weighted by Crippen LogP contribution is -2.27. The van der Waals surface area contributed by atoms with E-state index in [1.807, 2.05) is 0 Å². The molecule has 1 heterocycles. The van der Waals surface area contributed by atoms with E-state index in [1.165, 1.54) is 41.5 Å². The lowest BCUT2D eigenvalue weighted by atomic mass is 9.71. The Morgan fingerprint density at radius 1 is 0.913 bits per heavy atom. The zero-order chi connectivity index (χ0) is 16.0. The third-order valence-electron chi connectivity index (χ3n) is 5.51. The number of benzene rings is 2. The highest BCUT2D eigenvalue weighted by Gasteiger charge is 2.32. The van der Waals surface area contributed by atoms with Gasteiger partial charge in [-0.1, -0.05) is 57.2 Å². The van der Waals surface area contributed by atoms with Crippen molar-refractivity contribution in [3.05, 3.63) is 65.9 Å². The molecule has 0 radical (unpaired) electrons. The van der Waals surface area contributed by atoms with Gasteiger partial charge in [-0.25, -0.2) is 0 Å². The van der Waals surface area contributed by atoms with Crippen LogP contribution in [0.5, 0.6) is 0 Å². The molecule has 1 unspecified atom stereocenters. The lowest BCUT2D eigenvalue weighted by molar-refractivity contribution is 0.215. The van der Waals surface area contributed by atoms with E-state index in [0.29, 0.717) is 5.41 Å². The molecule has 2 aromatic carbocycles. The number of hydrogen-bond donors (Lipinski definition) is 0. The first-order valence-corrected chi connectivity index (χ1v) is 8.72. The van der Waals surface area contributed by atoms with Gasteiger partial charge in [0, 0.05) is 16.8 Å². The van der Waals surface area contributed by atoms with Crippen molar-refractivity contribution in [2.24, 2.45) is 11.3 Å². The minimum absolute atomic E-state index is 0.383. The maximum atomic E-state index is 2.49. The van der Waals surface area contributed by atoms with Crippen LogP contribution in [0, 0.1) is 11.3 Å². The lowest BCUT2D eigenvalue weighted by Gasteiger charge is -2.34. The smallest absolute Gasteiger partial charge is 0.0534 e. The summed E-state index contributed by atoms with van der Waals surface area (Å²) in [4.78, 5) is 0. The molecule has 0 N–H and O–H groups in total. The number of aromatic nitrogens is 1. The van der Waals surface area contributed by atoms with Gasteiger partial charge in [-0.15, -0.1) is 0 Å². The van der Waals surface area contributed by atoms with Crippen LogP contribution in [0.25, 0.3) is 16.6 Å². The van der Waals surface area contributed by atoms with Gasteiger partial charge in [-0.3, -0.25) is 0 Å². The molecule has 23 heavy (non-hydrogen) atoms. The van der Waals surface area contributed by atoms with Crippen LogP contribution in [-0.4, -0.2) is 4.57 Å². The maximum Gasteiger partial charge on any atom is 0.0534 e. The molecule has 1 heteroatoms. The van der Waals surface area contributed by atoms with Gasteiger partial charge in [0.25, 0.3) is 0 Å². The molecule has 0 amide bonds. The number of rotatable bonds is 1. The summed E-state index contributed by atoms with van der Waals surface area (Å²) in [7, 11) is 0. The van der Waals surface area contributed by atoms with E-state index in [0.717, 1.165) is 5.92 Å². The van der Waals surface area contributed by atoms with Crippen LogP contribution in [0.15, 0.2) is 54.6 Å². The van der Waals surface area contributed by atoms with Gasteiger partial charge in [-0.05, 0) is 54.4 Å². The molecule has 118 valence electrons. The van der Waals surface area contributed by atoms with Gasteiger partial charge < -0.3 is 4.57 Å². The molecule has 1 aromatic heterocycles. The molecular formula is C22H25N. The molecule has 1 aliphatic carbocycles. The minimum atomic E-state index is 0.383. The van der Waals surface area contributed by atoms with Crippen LogP contribution < -0.4 is 0 Å². The van der Waals surface area contributed by atoms with E-state index in [9.17, 15) is 0 Å². The van der Waals surface area contributed by atoms with E-state index >= 15 is 0 Å². The Bertz CT molecular complexity index is 834. The van der Waals surface area contributed by atoms with Crippen LogP contribution in [0.2, 0.25) is 0 Å². The van der Waals surface area contributed by atoms with Crippen molar-refractivity contribution in [3.8, 4) is 5.69 Å². The SMILES string of the molecule is CC(C)(C)C1CCc2c(c3ccccc3n2-c2ccccc2)C1. The first-order valence-electron chi connectivity index (χ1n) is 8.72. The fourth-order valence-electron chi connectivity index (χ4n) is 4.12. The van der Waals surface area contributed by atoms with Gasteiger partial charge in [0.15, 0.2) is 0 Å². The second-order valence-electron chi connectivity index (χ2n) is 7.92. The summed E-state index contributed by atoms with van der Waals surface area (Å²) in [6.07, 6.45) is 3.68. The highest BCUT2D eigenvalue weighted by atomic mass is 15.0. The predicted molar refractivity (Wildman–Crippen MR) is 98.2 cm³/mol. The highest BCUT2D eigenvalue weighted by molar-refractivity contribution is 5.87. The second-order valence-corrected chi connectivity index (χ2v) is 7.92. The van der Waals surface area contributed by atoms with Crippen LogP contribution >= 0.6 is 0 Å². The Balaban J connectivity index is 1.94. The maximum absolute atomic E-state index is 2.49. The number of nitrogens with zero attached hydrogens (tertiary/aromatic N) is 1. The fraction of sp³-hybridized carbons (Fsp3) is 0.364. The van der Waals surface area contributed by atoms with E-state index in [1.54, 1.807) is 5.56 Å². The average molecular weight is 303 g/mol. The van der Waals surface area contributed by atoms with E-state index < -0.39 is 0 Å². The molecule has 0 saturated carbocycles. The number of para-hydroxylation sites is 2. The van der Waals surface area contributed by atoms with Crippen molar-refractivity contribution in [1.82, 2.24) is 4.57 Å². The van der Waals surface area contributed by atoms with E-state index in [4.69, 9.17) is 0 Å². The Morgan fingerprint density at radius 3 is 2.35 bits per heavy atom. The van der Waals surface area contributed by atoms with Crippen LogP contribution in [-0.2, 0) is 12.8 Å². The third kappa shape index (κ3) is 2.39. The summed E-state index contributed by atoms with van der Waals surface area (Å²) in [6.45, 7) is 7.16. The van der Waals surface area contributed by atoms with Crippen LogP contribution in [0.4, 0.5) is 0 Å². The van der Waals surface area contributed by atoms with Crippen molar-refractivity contribution in [2.75, 3.05) is 0 Å². The van der Waals surface area contributed by atoms with Crippen molar-refractivity contribution in [3.63, 3.8) is 0 Å². The van der Waals surface area contributed by atoms with Gasteiger partial charge >= 0.3 is 0 Å². The minimum Gasteiger partial charge on any atom is -0.313 e. The Morgan fingerprint density at radius 2 is 1.61 bits per heavy atom. The van der Waals surface area contributed by atoms with Crippen molar-refractivity contribution in [1.29, 1.82) is 0 Å². The summed E-state index contributed by atoms with van der Waals surface area (Å²) in [5, 5.41) is 1.44. The monoisotopic (exact) mass is 303 g/mol. The molecular weight excluding hydrogens is 278 g/mol. The summed E-state index contributed by atoms with van der Waals surface area (Å²) in [5.74, 6) is 0.769. The molecule has 1 aliphatic rings. The van der Waals surface area contributed by atoms with Crippen LogP contribution in [0.1, 0.15) is 38.4 Å². The topological polar surface area (TPSA) is 4.93 Å². The zero-order valence-electron chi connectivity index (χ0n) is 14.3. The first kappa shape index (κ1) is 14.6. The standard InChI is InChI=1S/C22H25N/c1-22(2,3)16-13-14-21-19(15-16)18-11-7-8-12-20(18)23(21)17-9-5-4-6-10-17/h4-12,16H,13-15H2,1-3H3. The highest BCUT2D eigenvalue weighted by Crippen LogP contribution is 2.41. The van der Waals surface area contributed by atoms with Gasteiger partial charge in [0.2, 0.25) is 0 Å². The number of hydrogen-bond acceptors (Lipinski definition) is 0. The second kappa shape index (κ2) is 5.26. The predicted octanol–water partition coefficient (Wildman–Crippen LogP) is 5.78. The van der Waals surface area contributed by atoms with Crippen molar-refractivity contribution in [2.45, 2.75) is 40.0 Å². The van der Waals surface area contributed by atoms with Crippen molar-refractivity contribution < 1.29 is 0 Å². The zero-order valence-corrected chi connectivity index (χ0v) is 14.3. The average Bonchev–Trinajstić information content (AvgIpc) is 2.88. The molecule has 0 saturated heterocycles. The van der Waals surface area contributed by atoms with E-state index in [2.05, 4.69) is 79.9 Å². The third-order valence-corrected chi connectivity index (χ3v) is 5.51. The van der Waals surface area contributed by atoms with Crippen LogP contribution in [0.3, 0.4) is 0 Å². The molecule has 1 nitrogen and oxygen atoms in total. The summed E-state index contributed by atoms with van der Waals surface area (Å²) in [5.41, 5.74) is 6.14. The number of fused-ring (bicyclic) bond motifs is 3. The van der Waals surface area contributed by atoms with Gasteiger partial charge in [0.1, 0.15) is 0 Å². The molecule has 0 spiro atoms. The quantitative estimate of drug-likeness (QED) is 0.537. The Hall–Kier alpha value is -2.02. The molecule has 1 atom stereocenters.